The molecule has 0 N–H and O–H groups in total. The second-order valence-corrected chi connectivity index (χ2v) is 5.44. The monoisotopic (exact) mass is 284 g/mol. The van der Waals surface area contributed by atoms with Crippen molar-refractivity contribution < 1.29 is 9.47 Å². The van der Waals surface area contributed by atoms with E-state index in [0.717, 1.165) is 32.1 Å². The molecular formula is C13H17ClN2O3. The summed E-state index contributed by atoms with van der Waals surface area (Å²) < 4.78 is 12.5. The molecule has 2 aliphatic rings. The summed E-state index contributed by atoms with van der Waals surface area (Å²) in [5.74, 6) is 0.392. The van der Waals surface area contributed by atoms with Crippen LogP contribution in [0.3, 0.4) is 0 Å². The molecule has 2 heterocycles. The number of rotatable bonds is 3. The van der Waals surface area contributed by atoms with Crippen molar-refractivity contribution in [3.05, 3.63) is 21.6 Å². The average Bonchev–Trinajstić information content (AvgIpc) is 2.39. The van der Waals surface area contributed by atoms with Crippen LogP contribution in [0.25, 0.3) is 0 Å². The second-order valence-electron chi connectivity index (χ2n) is 5.06. The van der Waals surface area contributed by atoms with Crippen LogP contribution in [0.5, 0.6) is 5.75 Å². The van der Waals surface area contributed by atoms with Gasteiger partial charge in [0.05, 0.1) is 12.3 Å². The summed E-state index contributed by atoms with van der Waals surface area (Å²) >= 11 is 6.09. The lowest BCUT2D eigenvalue weighted by Crippen LogP contribution is -2.32. The standard InChI is InChI=1S/C13H17ClN2O3/c14-12-10(19-9-4-3-5-9)8-15-16(13(12)17)11-6-1-2-7-18-11/h8-9,11H,1-7H2. The van der Waals surface area contributed by atoms with E-state index in [9.17, 15) is 4.79 Å². The van der Waals surface area contributed by atoms with Gasteiger partial charge in [-0.3, -0.25) is 4.79 Å². The summed E-state index contributed by atoms with van der Waals surface area (Å²) in [6.07, 6.45) is 7.49. The Hall–Kier alpha value is -1.07. The predicted octanol–water partition coefficient (Wildman–Crippen LogP) is 2.53. The minimum absolute atomic E-state index is 0.107. The molecule has 2 fully saturated rings. The molecule has 1 aliphatic carbocycles. The molecule has 1 aromatic heterocycles. The fourth-order valence-electron chi connectivity index (χ4n) is 2.30. The summed E-state index contributed by atoms with van der Waals surface area (Å²) in [6, 6.07) is 0. The maximum Gasteiger partial charge on any atom is 0.291 e. The van der Waals surface area contributed by atoms with Gasteiger partial charge in [-0.1, -0.05) is 11.6 Å². The highest BCUT2D eigenvalue weighted by atomic mass is 35.5. The first kappa shape index (κ1) is 12.9. The van der Waals surface area contributed by atoms with Gasteiger partial charge in [0, 0.05) is 6.61 Å². The number of halogens is 1. The highest BCUT2D eigenvalue weighted by Crippen LogP contribution is 2.28. The van der Waals surface area contributed by atoms with Crippen LogP contribution in [0, 0.1) is 0 Å². The molecule has 1 atom stereocenters. The topological polar surface area (TPSA) is 53.3 Å². The van der Waals surface area contributed by atoms with Crippen molar-refractivity contribution in [2.75, 3.05) is 6.61 Å². The minimum Gasteiger partial charge on any atom is -0.487 e. The highest BCUT2D eigenvalue weighted by molar-refractivity contribution is 6.31. The smallest absolute Gasteiger partial charge is 0.291 e. The van der Waals surface area contributed by atoms with E-state index in [1.807, 2.05) is 0 Å². The van der Waals surface area contributed by atoms with Gasteiger partial charge in [-0.2, -0.15) is 9.78 Å². The second kappa shape index (κ2) is 5.51. The van der Waals surface area contributed by atoms with Gasteiger partial charge < -0.3 is 9.47 Å². The summed E-state index contributed by atoms with van der Waals surface area (Å²) in [5.41, 5.74) is -0.328. The van der Waals surface area contributed by atoms with Crippen molar-refractivity contribution in [1.29, 1.82) is 0 Å². The Labute approximate surface area is 116 Å². The van der Waals surface area contributed by atoms with Gasteiger partial charge >= 0.3 is 0 Å². The normalized spacial score (nSPS) is 23.9. The zero-order chi connectivity index (χ0) is 13.2. The van der Waals surface area contributed by atoms with Crippen molar-refractivity contribution in [1.82, 2.24) is 9.78 Å². The zero-order valence-corrected chi connectivity index (χ0v) is 11.4. The molecule has 1 unspecified atom stereocenters. The fraction of sp³-hybridized carbons (Fsp3) is 0.692. The van der Waals surface area contributed by atoms with E-state index < -0.39 is 0 Å². The molecule has 3 rings (SSSR count). The Kier molecular flexibility index (Phi) is 3.75. The third-order valence-corrected chi connectivity index (χ3v) is 4.03. The van der Waals surface area contributed by atoms with E-state index in [0.29, 0.717) is 12.4 Å². The van der Waals surface area contributed by atoms with E-state index >= 15 is 0 Å². The minimum atomic E-state index is -0.328. The Bertz CT molecular complexity index is 507. The molecule has 0 spiro atoms. The molecule has 1 saturated heterocycles. The van der Waals surface area contributed by atoms with Gasteiger partial charge in [0.15, 0.2) is 17.0 Å². The maximum absolute atomic E-state index is 12.2. The molecular weight excluding hydrogens is 268 g/mol. The van der Waals surface area contributed by atoms with Gasteiger partial charge in [-0.25, -0.2) is 0 Å². The molecule has 1 aliphatic heterocycles. The molecule has 0 radical (unpaired) electrons. The Balaban J connectivity index is 1.82. The molecule has 19 heavy (non-hydrogen) atoms. The van der Waals surface area contributed by atoms with E-state index in [1.54, 1.807) is 0 Å². The number of nitrogens with zero attached hydrogens (tertiary/aromatic N) is 2. The number of hydrogen-bond donors (Lipinski definition) is 0. The van der Waals surface area contributed by atoms with Gasteiger partial charge in [-0.15, -0.1) is 0 Å². The van der Waals surface area contributed by atoms with Crippen LogP contribution in [-0.4, -0.2) is 22.5 Å². The van der Waals surface area contributed by atoms with Crippen molar-refractivity contribution in [3.63, 3.8) is 0 Å². The highest BCUT2D eigenvalue weighted by Gasteiger charge is 2.24. The molecule has 0 aromatic carbocycles. The first-order valence-electron chi connectivity index (χ1n) is 6.81. The van der Waals surface area contributed by atoms with Crippen LogP contribution < -0.4 is 10.3 Å². The number of ether oxygens (including phenoxy) is 2. The Morgan fingerprint density at radius 2 is 2.16 bits per heavy atom. The zero-order valence-electron chi connectivity index (χ0n) is 10.7. The maximum atomic E-state index is 12.2. The quantitative estimate of drug-likeness (QED) is 0.856. The van der Waals surface area contributed by atoms with E-state index in [2.05, 4.69) is 5.10 Å². The number of aromatic nitrogens is 2. The van der Waals surface area contributed by atoms with Crippen LogP contribution in [-0.2, 0) is 4.74 Å². The molecule has 6 heteroatoms. The summed E-state index contributed by atoms with van der Waals surface area (Å²) in [4.78, 5) is 12.2. The third kappa shape index (κ3) is 2.62. The molecule has 104 valence electrons. The molecule has 5 nitrogen and oxygen atoms in total. The summed E-state index contributed by atoms with van der Waals surface area (Å²) in [6.45, 7) is 0.663. The van der Waals surface area contributed by atoms with E-state index in [4.69, 9.17) is 21.1 Å². The van der Waals surface area contributed by atoms with Gasteiger partial charge in [0.2, 0.25) is 0 Å². The summed E-state index contributed by atoms with van der Waals surface area (Å²) in [5, 5.41) is 4.25. The first-order chi connectivity index (χ1) is 9.25. The number of hydrogen-bond acceptors (Lipinski definition) is 4. The van der Waals surface area contributed by atoms with Crippen molar-refractivity contribution in [2.45, 2.75) is 50.9 Å². The predicted molar refractivity (Wildman–Crippen MR) is 70.6 cm³/mol. The van der Waals surface area contributed by atoms with E-state index in [1.165, 1.54) is 17.3 Å². The molecule has 0 amide bonds. The average molecular weight is 285 g/mol. The molecule has 1 aromatic rings. The summed E-state index contributed by atoms with van der Waals surface area (Å²) in [7, 11) is 0. The van der Waals surface area contributed by atoms with Gasteiger partial charge in [0.1, 0.15) is 0 Å². The van der Waals surface area contributed by atoms with Crippen molar-refractivity contribution in [3.8, 4) is 5.75 Å². The lowest BCUT2D eigenvalue weighted by molar-refractivity contribution is -0.0427. The van der Waals surface area contributed by atoms with Crippen LogP contribution in [0.1, 0.15) is 44.8 Å². The third-order valence-electron chi connectivity index (χ3n) is 3.69. The van der Waals surface area contributed by atoms with Crippen molar-refractivity contribution >= 4 is 11.6 Å². The fourth-order valence-corrected chi connectivity index (χ4v) is 2.48. The Morgan fingerprint density at radius 1 is 1.32 bits per heavy atom. The molecule has 0 bridgehead atoms. The van der Waals surface area contributed by atoms with Crippen LogP contribution >= 0.6 is 11.6 Å². The van der Waals surface area contributed by atoms with Crippen LogP contribution in [0.2, 0.25) is 5.02 Å². The molecule has 1 saturated carbocycles. The van der Waals surface area contributed by atoms with Crippen LogP contribution in [0.15, 0.2) is 11.0 Å². The van der Waals surface area contributed by atoms with Crippen LogP contribution in [0.4, 0.5) is 0 Å². The first-order valence-corrected chi connectivity index (χ1v) is 7.19. The largest absolute Gasteiger partial charge is 0.487 e. The van der Waals surface area contributed by atoms with E-state index in [-0.39, 0.29) is 22.9 Å². The Morgan fingerprint density at radius 3 is 2.79 bits per heavy atom. The lowest BCUT2D eigenvalue weighted by atomic mass is 9.96. The van der Waals surface area contributed by atoms with Gasteiger partial charge in [-0.05, 0) is 38.5 Å². The van der Waals surface area contributed by atoms with Gasteiger partial charge in [0.25, 0.3) is 5.56 Å². The lowest BCUT2D eigenvalue weighted by Gasteiger charge is -2.27. The SMILES string of the molecule is O=c1c(Cl)c(OC2CCC2)cnn1C1CCCCO1. The van der Waals surface area contributed by atoms with Crippen molar-refractivity contribution in [2.24, 2.45) is 0 Å².